The van der Waals surface area contributed by atoms with Gasteiger partial charge in [0.2, 0.25) is 0 Å². The molecule has 0 spiro atoms. The summed E-state index contributed by atoms with van der Waals surface area (Å²) in [5.41, 5.74) is 0. The van der Waals surface area contributed by atoms with Crippen LogP contribution in [0.4, 0.5) is 0 Å². The van der Waals surface area contributed by atoms with Crippen LogP contribution >= 0.6 is 0 Å². The molecule has 0 bridgehead atoms. The van der Waals surface area contributed by atoms with Crippen molar-refractivity contribution in [2.45, 2.75) is 59.0 Å². The van der Waals surface area contributed by atoms with E-state index in [2.05, 4.69) is 35.4 Å². The molecule has 1 N–H and O–H groups in total. The third kappa shape index (κ3) is 4.21. The summed E-state index contributed by atoms with van der Waals surface area (Å²) in [6.45, 7) is 6.19. The van der Waals surface area contributed by atoms with Crippen LogP contribution in [-0.2, 0) is 24.3 Å². The normalized spacial score (nSPS) is 10.7. The second-order valence-corrected chi connectivity index (χ2v) is 4.35. The minimum absolute atomic E-state index is 0.248. The summed E-state index contributed by atoms with van der Waals surface area (Å²) < 4.78 is 4.48. The number of aliphatic carboxylic acids is 1. The van der Waals surface area contributed by atoms with E-state index in [9.17, 15) is 4.79 Å². The maximum absolute atomic E-state index is 10.5. The maximum atomic E-state index is 10.5. The van der Waals surface area contributed by atoms with Crippen LogP contribution in [0.25, 0.3) is 0 Å². The lowest BCUT2D eigenvalue weighted by Crippen LogP contribution is -2.37. The molecule has 1 aromatic rings. The Morgan fingerprint density at radius 3 is 2.76 bits per heavy atom. The van der Waals surface area contributed by atoms with E-state index in [1.54, 1.807) is 0 Å². The van der Waals surface area contributed by atoms with Crippen molar-refractivity contribution in [2.24, 2.45) is 0 Å². The summed E-state index contributed by atoms with van der Waals surface area (Å²) in [5.74, 6) is 0.607. The molecule has 0 aliphatic rings. The highest BCUT2D eigenvalue weighted by Crippen LogP contribution is 2.03. The molecular formula is C13H23N2O2+. The minimum Gasteiger partial charge on any atom is -0.481 e. The molecule has 0 saturated heterocycles. The Morgan fingerprint density at radius 1 is 1.41 bits per heavy atom. The van der Waals surface area contributed by atoms with Crippen molar-refractivity contribution in [3.8, 4) is 0 Å². The molecule has 4 heteroatoms. The SMILES string of the molecule is CCCc1n(CCCC(=O)O)cc[n+]1CCC. The van der Waals surface area contributed by atoms with Gasteiger partial charge in [-0.2, -0.15) is 0 Å². The first-order valence-electron chi connectivity index (χ1n) is 6.48. The number of nitrogens with zero attached hydrogens (tertiary/aromatic N) is 2. The molecule has 1 heterocycles. The lowest BCUT2D eigenvalue weighted by Gasteiger charge is -2.03. The van der Waals surface area contributed by atoms with E-state index in [-0.39, 0.29) is 6.42 Å². The van der Waals surface area contributed by atoms with Crippen LogP contribution in [0.15, 0.2) is 12.4 Å². The molecule has 0 atom stereocenters. The second kappa shape index (κ2) is 7.09. The quantitative estimate of drug-likeness (QED) is 0.705. The molecule has 0 fully saturated rings. The lowest BCUT2D eigenvalue weighted by molar-refractivity contribution is -0.703. The van der Waals surface area contributed by atoms with E-state index in [1.165, 1.54) is 5.82 Å². The Hall–Kier alpha value is -1.32. The van der Waals surface area contributed by atoms with Crippen molar-refractivity contribution in [2.75, 3.05) is 0 Å². The lowest BCUT2D eigenvalue weighted by atomic mass is 10.3. The molecule has 0 amide bonds. The van der Waals surface area contributed by atoms with Gasteiger partial charge in [0.15, 0.2) is 0 Å². The standard InChI is InChI=1S/C13H22N2O2/c1-3-6-12-14(8-4-2)10-11-15(12)9-5-7-13(16)17/h10-11H,3-9H2,1-2H3/p+1. The number of hydrogen-bond donors (Lipinski definition) is 1. The Balaban J connectivity index is 2.66. The minimum atomic E-state index is -0.712. The molecule has 0 saturated carbocycles. The van der Waals surface area contributed by atoms with Gasteiger partial charge >= 0.3 is 5.97 Å². The number of carboxylic acids is 1. The van der Waals surface area contributed by atoms with Gasteiger partial charge in [-0.25, -0.2) is 9.13 Å². The Labute approximate surface area is 103 Å². The van der Waals surface area contributed by atoms with Crippen LogP contribution in [0.1, 0.15) is 45.4 Å². The molecule has 0 aliphatic heterocycles. The van der Waals surface area contributed by atoms with E-state index in [1.807, 2.05) is 0 Å². The number of carboxylic acid groups (broad SMARTS) is 1. The number of imidazole rings is 1. The zero-order chi connectivity index (χ0) is 12.7. The second-order valence-electron chi connectivity index (χ2n) is 4.35. The predicted molar refractivity (Wildman–Crippen MR) is 65.8 cm³/mol. The molecule has 0 aromatic carbocycles. The van der Waals surface area contributed by atoms with Crippen molar-refractivity contribution >= 4 is 5.97 Å². The monoisotopic (exact) mass is 239 g/mol. The van der Waals surface area contributed by atoms with Crippen LogP contribution in [0, 0.1) is 0 Å². The van der Waals surface area contributed by atoms with E-state index < -0.39 is 5.97 Å². The average Bonchev–Trinajstić information content (AvgIpc) is 2.63. The molecular weight excluding hydrogens is 216 g/mol. The zero-order valence-electron chi connectivity index (χ0n) is 10.9. The van der Waals surface area contributed by atoms with Crippen molar-refractivity contribution in [1.29, 1.82) is 0 Å². The third-order valence-corrected chi connectivity index (χ3v) is 2.82. The first-order chi connectivity index (χ1) is 8.19. The van der Waals surface area contributed by atoms with Crippen molar-refractivity contribution in [1.82, 2.24) is 4.57 Å². The van der Waals surface area contributed by atoms with E-state index in [0.717, 1.165) is 32.4 Å². The van der Waals surface area contributed by atoms with Crippen LogP contribution < -0.4 is 4.57 Å². The van der Waals surface area contributed by atoms with Crippen molar-refractivity contribution in [3.05, 3.63) is 18.2 Å². The number of carbonyl (C=O) groups is 1. The number of aryl methyl sites for hydroxylation is 2. The van der Waals surface area contributed by atoms with Gasteiger partial charge < -0.3 is 5.11 Å². The fourth-order valence-corrected chi connectivity index (χ4v) is 2.06. The average molecular weight is 239 g/mol. The maximum Gasteiger partial charge on any atom is 0.303 e. The summed E-state index contributed by atoms with van der Waals surface area (Å²) in [6, 6.07) is 0. The first kappa shape index (κ1) is 13.7. The van der Waals surface area contributed by atoms with Gasteiger partial charge in [0.05, 0.1) is 13.1 Å². The Bertz CT molecular complexity index is 358. The summed E-state index contributed by atoms with van der Waals surface area (Å²) in [4.78, 5) is 10.5. The summed E-state index contributed by atoms with van der Waals surface area (Å²) in [6.07, 6.45) is 8.43. The first-order valence-corrected chi connectivity index (χ1v) is 6.48. The van der Waals surface area contributed by atoms with Crippen LogP contribution in [0.2, 0.25) is 0 Å². The fraction of sp³-hybridized carbons (Fsp3) is 0.692. The summed E-state index contributed by atoms with van der Waals surface area (Å²) in [7, 11) is 0. The molecule has 96 valence electrons. The Morgan fingerprint density at radius 2 is 2.18 bits per heavy atom. The largest absolute Gasteiger partial charge is 0.481 e. The molecule has 17 heavy (non-hydrogen) atoms. The molecule has 1 rings (SSSR count). The topological polar surface area (TPSA) is 46.1 Å². The number of hydrogen-bond acceptors (Lipinski definition) is 1. The van der Waals surface area contributed by atoms with Gasteiger partial charge in [-0.3, -0.25) is 4.79 Å². The van der Waals surface area contributed by atoms with E-state index in [0.29, 0.717) is 6.42 Å². The van der Waals surface area contributed by atoms with E-state index in [4.69, 9.17) is 5.11 Å². The van der Waals surface area contributed by atoms with Crippen LogP contribution in [0.3, 0.4) is 0 Å². The molecule has 0 unspecified atom stereocenters. The van der Waals surface area contributed by atoms with Crippen molar-refractivity contribution < 1.29 is 14.5 Å². The number of aromatic nitrogens is 2. The highest BCUT2D eigenvalue weighted by Gasteiger charge is 2.15. The molecule has 0 radical (unpaired) electrons. The number of rotatable bonds is 8. The predicted octanol–water partition coefficient (Wildman–Crippen LogP) is 2.00. The molecule has 1 aromatic heterocycles. The Kier molecular flexibility index (Phi) is 5.73. The molecule has 4 nitrogen and oxygen atoms in total. The van der Waals surface area contributed by atoms with Gasteiger partial charge in [0.25, 0.3) is 5.82 Å². The summed E-state index contributed by atoms with van der Waals surface area (Å²) >= 11 is 0. The smallest absolute Gasteiger partial charge is 0.303 e. The summed E-state index contributed by atoms with van der Waals surface area (Å²) in [5, 5.41) is 8.64. The van der Waals surface area contributed by atoms with Gasteiger partial charge in [0.1, 0.15) is 12.4 Å². The zero-order valence-corrected chi connectivity index (χ0v) is 10.9. The fourth-order valence-electron chi connectivity index (χ4n) is 2.06. The highest BCUT2D eigenvalue weighted by atomic mass is 16.4. The van der Waals surface area contributed by atoms with Gasteiger partial charge in [0, 0.05) is 12.8 Å². The molecule has 0 aliphatic carbocycles. The third-order valence-electron chi connectivity index (χ3n) is 2.82. The van der Waals surface area contributed by atoms with Crippen molar-refractivity contribution in [3.63, 3.8) is 0 Å². The highest BCUT2D eigenvalue weighted by molar-refractivity contribution is 5.66. The van der Waals surface area contributed by atoms with Gasteiger partial charge in [-0.1, -0.05) is 13.8 Å². The van der Waals surface area contributed by atoms with Crippen LogP contribution in [-0.4, -0.2) is 15.6 Å². The van der Waals surface area contributed by atoms with Gasteiger partial charge in [-0.15, -0.1) is 0 Å². The van der Waals surface area contributed by atoms with Gasteiger partial charge in [-0.05, 0) is 19.3 Å². The van der Waals surface area contributed by atoms with Crippen LogP contribution in [0.5, 0.6) is 0 Å². The van der Waals surface area contributed by atoms with E-state index >= 15 is 0 Å².